The average Bonchev–Trinajstić information content (AvgIpc) is 2.43. The molecule has 0 aliphatic carbocycles. The van der Waals surface area contributed by atoms with Gasteiger partial charge in [-0.3, -0.25) is 0 Å². The van der Waals surface area contributed by atoms with Gasteiger partial charge in [-0.25, -0.2) is 9.78 Å². The highest BCUT2D eigenvalue weighted by Crippen LogP contribution is 2.25. The van der Waals surface area contributed by atoms with Crippen LogP contribution in [-0.4, -0.2) is 16.1 Å². The molecule has 6 heteroatoms. The molecule has 0 saturated heterocycles. The fraction of sp³-hybridized carbons (Fsp3) is 0. The Morgan fingerprint density at radius 2 is 2.21 bits per heavy atom. The van der Waals surface area contributed by atoms with Crippen LogP contribution in [0.2, 0.25) is 0 Å². The lowest BCUT2D eigenvalue weighted by Crippen LogP contribution is -1.96. The third kappa shape index (κ3) is 1.71. The number of hydrogen-bond acceptors (Lipinski definition) is 4. The Hall–Kier alpha value is -1.14. The predicted octanol–water partition coefficient (Wildman–Crippen LogP) is 2.15. The number of carbonyl (C=O) groups is 1. The van der Waals surface area contributed by atoms with Gasteiger partial charge in [0.05, 0.1) is 15.8 Å². The standard InChI is InChI=1S/C8H6N2O2S.BrH/c9-8-10-6-4(7(11)12)2-1-3-5(6)13-8;/h1-3H,(H2,9,10)(H,11,12);1H. The number of nitrogen functional groups attached to an aromatic ring is 1. The monoisotopic (exact) mass is 274 g/mol. The van der Waals surface area contributed by atoms with E-state index in [2.05, 4.69) is 4.98 Å². The number of nitrogens with zero attached hydrogens (tertiary/aromatic N) is 1. The molecule has 2 aromatic rings. The number of anilines is 1. The highest BCUT2D eigenvalue weighted by molar-refractivity contribution is 8.93. The second-order valence-corrected chi connectivity index (χ2v) is 3.57. The minimum atomic E-state index is -0.976. The van der Waals surface area contributed by atoms with Crippen LogP contribution in [0.5, 0.6) is 0 Å². The summed E-state index contributed by atoms with van der Waals surface area (Å²) in [6, 6.07) is 5.00. The zero-order valence-electron chi connectivity index (χ0n) is 6.93. The molecule has 4 nitrogen and oxygen atoms in total. The van der Waals surface area contributed by atoms with E-state index in [1.54, 1.807) is 12.1 Å². The number of aromatic carboxylic acids is 1. The Morgan fingerprint density at radius 1 is 1.50 bits per heavy atom. The van der Waals surface area contributed by atoms with Gasteiger partial charge in [0, 0.05) is 0 Å². The van der Waals surface area contributed by atoms with Gasteiger partial charge in [0.25, 0.3) is 0 Å². The second-order valence-electron chi connectivity index (χ2n) is 2.51. The third-order valence-corrected chi connectivity index (χ3v) is 2.52. The topological polar surface area (TPSA) is 76.2 Å². The fourth-order valence-electron chi connectivity index (χ4n) is 1.14. The molecule has 0 amide bonds. The summed E-state index contributed by atoms with van der Waals surface area (Å²) in [6.07, 6.45) is 0. The van der Waals surface area contributed by atoms with Crippen molar-refractivity contribution in [2.75, 3.05) is 5.73 Å². The molecule has 0 spiro atoms. The molecule has 0 fully saturated rings. The lowest BCUT2D eigenvalue weighted by Gasteiger charge is -1.93. The zero-order valence-corrected chi connectivity index (χ0v) is 9.46. The Balaban J connectivity index is 0.000000980. The van der Waals surface area contributed by atoms with Gasteiger partial charge in [0.2, 0.25) is 0 Å². The normalized spacial score (nSPS) is 9.71. The molecule has 0 unspecified atom stereocenters. The van der Waals surface area contributed by atoms with Crippen LogP contribution < -0.4 is 5.73 Å². The van der Waals surface area contributed by atoms with Crippen LogP contribution in [0.4, 0.5) is 5.13 Å². The Bertz CT molecular complexity index is 483. The van der Waals surface area contributed by atoms with E-state index in [0.29, 0.717) is 10.6 Å². The molecule has 0 saturated carbocycles. The zero-order chi connectivity index (χ0) is 9.42. The van der Waals surface area contributed by atoms with E-state index in [4.69, 9.17) is 10.8 Å². The maximum Gasteiger partial charge on any atom is 0.337 e. The number of carboxylic acids is 1. The van der Waals surface area contributed by atoms with E-state index < -0.39 is 5.97 Å². The van der Waals surface area contributed by atoms with Gasteiger partial charge >= 0.3 is 5.97 Å². The van der Waals surface area contributed by atoms with Gasteiger partial charge in [-0.15, -0.1) is 17.0 Å². The largest absolute Gasteiger partial charge is 0.478 e. The fourth-order valence-corrected chi connectivity index (χ4v) is 1.90. The van der Waals surface area contributed by atoms with Gasteiger partial charge in [-0.1, -0.05) is 17.4 Å². The predicted molar refractivity (Wildman–Crippen MR) is 61.3 cm³/mol. The maximum atomic E-state index is 10.7. The number of nitrogens with two attached hydrogens (primary N) is 1. The van der Waals surface area contributed by atoms with Crippen molar-refractivity contribution >= 4 is 49.6 Å². The highest BCUT2D eigenvalue weighted by atomic mass is 79.9. The summed E-state index contributed by atoms with van der Waals surface area (Å²) in [5.74, 6) is -0.976. The smallest absolute Gasteiger partial charge is 0.337 e. The van der Waals surface area contributed by atoms with Crippen LogP contribution in [0, 0.1) is 0 Å². The summed E-state index contributed by atoms with van der Waals surface area (Å²) in [7, 11) is 0. The molecule has 2 rings (SSSR count). The molecule has 0 aliphatic rings. The molecule has 1 aromatic heterocycles. The summed E-state index contributed by atoms with van der Waals surface area (Å²) in [4.78, 5) is 14.7. The first kappa shape index (κ1) is 10.9. The number of thiazole rings is 1. The van der Waals surface area contributed by atoms with Gasteiger partial charge < -0.3 is 10.8 Å². The summed E-state index contributed by atoms with van der Waals surface area (Å²) < 4.78 is 0.803. The number of para-hydroxylation sites is 1. The molecule has 0 radical (unpaired) electrons. The number of fused-ring (bicyclic) bond motifs is 1. The minimum Gasteiger partial charge on any atom is -0.478 e. The second kappa shape index (κ2) is 3.93. The van der Waals surface area contributed by atoms with E-state index in [9.17, 15) is 4.79 Å². The van der Waals surface area contributed by atoms with Crippen LogP contribution in [0.1, 0.15) is 10.4 Å². The number of benzene rings is 1. The van der Waals surface area contributed by atoms with E-state index in [1.165, 1.54) is 17.4 Å². The summed E-state index contributed by atoms with van der Waals surface area (Å²) in [5, 5.41) is 9.21. The minimum absolute atomic E-state index is 0. The van der Waals surface area contributed by atoms with E-state index in [-0.39, 0.29) is 22.5 Å². The SMILES string of the molecule is Br.Nc1nc2c(C(=O)O)cccc2s1. The molecular formula is C8H7BrN2O2S. The molecule has 3 N–H and O–H groups in total. The van der Waals surface area contributed by atoms with E-state index in [1.807, 2.05) is 0 Å². The molecule has 0 aliphatic heterocycles. The van der Waals surface area contributed by atoms with Crippen molar-refractivity contribution in [2.45, 2.75) is 0 Å². The molecule has 1 aromatic carbocycles. The van der Waals surface area contributed by atoms with Crippen molar-refractivity contribution in [2.24, 2.45) is 0 Å². The van der Waals surface area contributed by atoms with E-state index in [0.717, 1.165) is 4.70 Å². The first-order chi connectivity index (χ1) is 6.18. The maximum absolute atomic E-state index is 10.7. The van der Waals surface area contributed by atoms with Gasteiger partial charge in [-0.2, -0.15) is 0 Å². The first-order valence-electron chi connectivity index (χ1n) is 3.57. The quantitative estimate of drug-likeness (QED) is 0.836. The van der Waals surface area contributed by atoms with Crippen LogP contribution in [-0.2, 0) is 0 Å². The number of hydrogen-bond donors (Lipinski definition) is 2. The van der Waals surface area contributed by atoms with Gasteiger partial charge in [-0.05, 0) is 12.1 Å². The van der Waals surface area contributed by atoms with Crippen LogP contribution in [0.15, 0.2) is 18.2 Å². The molecular weight excluding hydrogens is 268 g/mol. The van der Waals surface area contributed by atoms with Crippen LogP contribution >= 0.6 is 28.3 Å². The summed E-state index contributed by atoms with van der Waals surface area (Å²) >= 11 is 1.29. The van der Waals surface area contributed by atoms with Crippen molar-refractivity contribution in [1.29, 1.82) is 0 Å². The third-order valence-electron chi connectivity index (χ3n) is 1.67. The van der Waals surface area contributed by atoms with Gasteiger partial charge in [0.15, 0.2) is 5.13 Å². The average molecular weight is 275 g/mol. The number of carboxylic acid groups (broad SMARTS) is 1. The molecule has 74 valence electrons. The summed E-state index contributed by atoms with van der Waals surface area (Å²) in [6.45, 7) is 0. The number of aromatic nitrogens is 1. The molecule has 0 atom stereocenters. The van der Waals surface area contributed by atoms with Crippen molar-refractivity contribution in [3.8, 4) is 0 Å². The van der Waals surface area contributed by atoms with Crippen molar-refractivity contribution < 1.29 is 9.90 Å². The lowest BCUT2D eigenvalue weighted by atomic mass is 10.2. The van der Waals surface area contributed by atoms with Crippen molar-refractivity contribution in [3.05, 3.63) is 23.8 Å². The van der Waals surface area contributed by atoms with Crippen molar-refractivity contribution in [3.63, 3.8) is 0 Å². The molecule has 1 heterocycles. The summed E-state index contributed by atoms with van der Waals surface area (Å²) in [5.41, 5.74) is 6.14. The highest BCUT2D eigenvalue weighted by Gasteiger charge is 2.11. The van der Waals surface area contributed by atoms with Crippen LogP contribution in [0.25, 0.3) is 10.2 Å². The Morgan fingerprint density at radius 3 is 2.86 bits per heavy atom. The van der Waals surface area contributed by atoms with Crippen molar-refractivity contribution in [1.82, 2.24) is 4.98 Å². The Kier molecular flexibility index (Phi) is 3.07. The first-order valence-corrected chi connectivity index (χ1v) is 4.38. The van der Waals surface area contributed by atoms with E-state index >= 15 is 0 Å². The number of halogens is 1. The van der Waals surface area contributed by atoms with Crippen LogP contribution in [0.3, 0.4) is 0 Å². The number of rotatable bonds is 1. The lowest BCUT2D eigenvalue weighted by molar-refractivity contribution is 0.0699. The Labute approximate surface area is 94.1 Å². The molecule has 0 bridgehead atoms. The van der Waals surface area contributed by atoms with Gasteiger partial charge in [0.1, 0.15) is 0 Å². The molecule has 14 heavy (non-hydrogen) atoms.